The van der Waals surface area contributed by atoms with E-state index in [4.69, 9.17) is 18.9 Å². The van der Waals surface area contributed by atoms with E-state index in [-0.39, 0.29) is 19.2 Å². The molecule has 6 atom stereocenters. The number of ether oxygens (including phenoxy) is 4. The minimum Gasteiger partial charge on any atom is -0.457 e. The van der Waals surface area contributed by atoms with E-state index in [9.17, 15) is 25.2 Å². The molecular formula is C48H88O9. The lowest BCUT2D eigenvalue weighted by molar-refractivity contribution is -0.305. The van der Waals surface area contributed by atoms with Gasteiger partial charge >= 0.3 is 5.97 Å². The van der Waals surface area contributed by atoms with Crippen molar-refractivity contribution in [2.24, 2.45) is 0 Å². The number of unbranched alkanes of at least 4 members (excludes halogenated alkanes) is 23. The van der Waals surface area contributed by atoms with Crippen LogP contribution in [0.1, 0.15) is 200 Å². The Balaban J connectivity index is 2.25. The molecule has 1 aliphatic heterocycles. The van der Waals surface area contributed by atoms with Gasteiger partial charge in [-0.1, -0.05) is 159 Å². The monoisotopic (exact) mass is 809 g/mol. The number of aliphatic hydroxyl groups is 4. The van der Waals surface area contributed by atoms with Crippen molar-refractivity contribution in [3.63, 3.8) is 0 Å². The topological polar surface area (TPSA) is 135 Å². The third-order valence-corrected chi connectivity index (χ3v) is 10.8. The Morgan fingerprint density at radius 2 is 1.02 bits per heavy atom. The van der Waals surface area contributed by atoms with Crippen molar-refractivity contribution in [2.75, 3.05) is 26.4 Å². The van der Waals surface area contributed by atoms with Gasteiger partial charge in [0.1, 0.15) is 30.5 Å². The predicted molar refractivity (Wildman–Crippen MR) is 233 cm³/mol. The second-order valence-electron chi connectivity index (χ2n) is 16.2. The number of allylic oxidation sites excluding steroid dienone is 6. The van der Waals surface area contributed by atoms with Gasteiger partial charge in [0.15, 0.2) is 6.29 Å². The van der Waals surface area contributed by atoms with Crippen LogP contribution in [-0.4, -0.2) is 89.6 Å². The van der Waals surface area contributed by atoms with Crippen LogP contribution < -0.4 is 0 Å². The van der Waals surface area contributed by atoms with Gasteiger partial charge in [0.2, 0.25) is 0 Å². The van der Waals surface area contributed by atoms with Gasteiger partial charge in [-0.05, 0) is 70.6 Å². The summed E-state index contributed by atoms with van der Waals surface area (Å²) < 4.78 is 22.8. The molecule has 0 bridgehead atoms. The van der Waals surface area contributed by atoms with Crippen LogP contribution in [0.2, 0.25) is 0 Å². The van der Waals surface area contributed by atoms with Gasteiger partial charge in [-0.2, -0.15) is 0 Å². The Kier molecular flexibility index (Phi) is 37.4. The largest absolute Gasteiger partial charge is 0.457 e. The number of carbonyl (C=O) groups is 1. The molecule has 0 aromatic heterocycles. The van der Waals surface area contributed by atoms with Gasteiger partial charge in [0.25, 0.3) is 0 Å². The summed E-state index contributed by atoms with van der Waals surface area (Å²) in [4.78, 5) is 12.8. The number of hydrogen-bond acceptors (Lipinski definition) is 9. The summed E-state index contributed by atoms with van der Waals surface area (Å²) in [5.74, 6) is -0.323. The van der Waals surface area contributed by atoms with Crippen LogP contribution in [0, 0.1) is 0 Å². The van der Waals surface area contributed by atoms with Crippen LogP contribution in [0.3, 0.4) is 0 Å². The minimum absolute atomic E-state index is 0.118. The maximum absolute atomic E-state index is 12.8. The highest BCUT2D eigenvalue weighted by molar-refractivity contribution is 5.69. The third-order valence-electron chi connectivity index (χ3n) is 10.8. The summed E-state index contributed by atoms with van der Waals surface area (Å²) in [5, 5.41) is 40.1. The molecule has 0 radical (unpaired) electrons. The summed E-state index contributed by atoms with van der Waals surface area (Å²) in [7, 11) is 0. The molecule has 0 saturated carbocycles. The van der Waals surface area contributed by atoms with Crippen LogP contribution in [0.15, 0.2) is 36.5 Å². The number of hydrogen-bond donors (Lipinski definition) is 4. The molecule has 1 fully saturated rings. The predicted octanol–water partition coefficient (Wildman–Crippen LogP) is 10.8. The van der Waals surface area contributed by atoms with E-state index in [1.54, 1.807) is 0 Å². The van der Waals surface area contributed by atoms with Crippen LogP contribution >= 0.6 is 0 Å². The highest BCUT2D eigenvalue weighted by atomic mass is 16.7. The van der Waals surface area contributed by atoms with Crippen molar-refractivity contribution < 1.29 is 44.2 Å². The molecule has 1 heterocycles. The van der Waals surface area contributed by atoms with Gasteiger partial charge in [-0.15, -0.1) is 0 Å². The molecule has 9 heteroatoms. The lowest BCUT2D eigenvalue weighted by atomic mass is 9.99. The molecule has 9 nitrogen and oxygen atoms in total. The van der Waals surface area contributed by atoms with E-state index in [1.165, 1.54) is 128 Å². The number of esters is 1. The fraction of sp³-hybridized carbons (Fsp3) is 0.854. The maximum Gasteiger partial charge on any atom is 0.306 e. The SMILES string of the molecule is CCCCC/C=C\C/C=C\CCCCCCCCCCOCC(COC1OC(CO)C(O)C(O)C1O)OC(=O)CCCCCCC/C=C\CCCCCCCCC. The first-order valence-electron chi connectivity index (χ1n) is 23.6. The van der Waals surface area contributed by atoms with Crippen molar-refractivity contribution in [2.45, 2.75) is 237 Å². The fourth-order valence-electron chi connectivity index (χ4n) is 7.05. The number of aliphatic hydroxyl groups excluding tert-OH is 4. The summed E-state index contributed by atoms with van der Waals surface area (Å²) in [6.07, 6.45) is 40.2. The normalized spacial score (nSPS) is 20.7. The Labute approximate surface area is 349 Å². The van der Waals surface area contributed by atoms with Crippen molar-refractivity contribution >= 4 is 5.97 Å². The standard InChI is InChI=1S/C48H88O9/c1-3-5-7-9-11-13-15-17-19-21-22-24-26-28-30-32-34-36-38-54-40-42(41-55-48-47(53)46(52)45(51)43(39-49)57-48)56-44(50)37-35-33-31-29-27-25-23-20-18-16-14-12-10-8-6-4-2/h11,13,17,19-20,23,42-43,45-49,51-53H,3-10,12,14-16,18,21-22,24-41H2,1-2H3/b13-11-,19-17-,23-20-. The van der Waals surface area contributed by atoms with Crippen LogP contribution in [0.4, 0.5) is 0 Å². The van der Waals surface area contributed by atoms with Gasteiger partial charge < -0.3 is 39.4 Å². The first kappa shape index (κ1) is 53.4. The van der Waals surface area contributed by atoms with E-state index in [1.807, 2.05) is 0 Å². The van der Waals surface area contributed by atoms with Crippen LogP contribution in [-0.2, 0) is 23.7 Å². The quantitative estimate of drug-likeness (QED) is 0.0271. The zero-order valence-electron chi connectivity index (χ0n) is 36.6. The summed E-state index contributed by atoms with van der Waals surface area (Å²) >= 11 is 0. The Hall–Kier alpha value is -1.59. The third kappa shape index (κ3) is 31.0. The first-order valence-corrected chi connectivity index (χ1v) is 23.6. The zero-order valence-corrected chi connectivity index (χ0v) is 36.6. The van der Waals surface area contributed by atoms with Crippen molar-refractivity contribution in [3.8, 4) is 0 Å². The number of rotatable bonds is 40. The van der Waals surface area contributed by atoms with Gasteiger partial charge in [-0.25, -0.2) is 0 Å². The molecule has 0 aromatic carbocycles. The van der Waals surface area contributed by atoms with E-state index < -0.39 is 43.4 Å². The molecule has 57 heavy (non-hydrogen) atoms. The van der Waals surface area contributed by atoms with Crippen molar-refractivity contribution in [3.05, 3.63) is 36.5 Å². The van der Waals surface area contributed by atoms with Crippen molar-refractivity contribution in [1.82, 2.24) is 0 Å². The average molecular weight is 809 g/mol. The Morgan fingerprint density at radius 1 is 0.561 bits per heavy atom. The first-order chi connectivity index (χ1) is 27.9. The second kappa shape index (κ2) is 39.8. The van der Waals surface area contributed by atoms with E-state index in [0.29, 0.717) is 13.0 Å². The summed E-state index contributed by atoms with van der Waals surface area (Å²) in [6, 6.07) is 0. The number of carbonyl (C=O) groups excluding carboxylic acids is 1. The molecule has 6 unspecified atom stereocenters. The van der Waals surface area contributed by atoms with Crippen molar-refractivity contribution in [1.29, 1.82) is 0 Å². The van der Waals surface area contributed by atoms with E-state index >= 15 is 0 Å². The Bertz CT molecular complexity index is 968. The van der Waals surface area contributed by atoms with E-state index in [2.05, 4.69) is 50.3 Å². The fourth-order valence-corrected chi connectivity index (χ4v) is 7.05. The highest BCUT2D eigenvalue weighted by Crippen LogP contribution is 2.22. The molecular weight excluding hydrogens is 721 g/mol. The second-order valence-corrected chi connectivity index (χ2v) is 16.2. The molecule has 1 aliphatic rings. The molecule has 334 valence electrons. The van der Waals surface area contributed by atoms with Crippen LogP contribution in [0.25, 0.3) is 0 Å². The molecule has 1 rings (SSSR count). The highest BCUT2D eigenvalue weighted by Gasteiger charge is 2.44. The molecule has 0 aliphatic carbocycles. The smallest absolute Gasteiger partial charge is 0.306 e. The molecule has 4 N–H and O–H groups in total. The maximum atomic E-state index is 12.8. The molecule has 0 aromatic rings. The summed E-state index contributed by atoms with van der Waals surface area (Å²) in [6.45, 7) is 4.52. The summed E-state index contributed by atoms with van der Waals surface area (Å²) in [5.41, 5.74) is 0. The Morgan fingerprint density at radius 3 is 1.56 bits per heavy atom. The van der Waals surface area contributed by atoms with E-state index in [0.717, 1.165) is 51.4 Å². The van der Waals surface area contributed by atoms with Gasteiger partial charge in [0.05, 0.1) is 19.8 Å². The molecule has 1 saturated heterocycles. The van der Waals surface area contributed by atoms with Gasteiger partial charge in [-0.3, -0.25) is 4.79 Å². The van der Waals surface area contributed by atoms with Gasteiger partial charge in [0, 0.05) is 13.0 Å². The molecule has 0 spiro atoms. The molecule has 0 amide bonds. The van der Waals surface area contributed by atoms with Crippen LogP contribution in [0.5, 0.6) is 0 Å². The minimum atomic E-state index is -1.54. The average Bonchev–Trinajstić information content (AvgIpc) is 3.21. The zero-order chi connectivity index (χ0) is 41.4. The lowest BCUT2D eigenvalue weighted by Crippen LogP contribution is -2.59. The lowest BCUT2D eigenvalue weighted by Gasteiger charge is -2.39.